The van der Waals surface area contributed by atoms with Crippen molar-refractivity contribution in [3.63, 3.8) is 0 Å². The van der Waals surface area contributed by atoms with Crippen molar-refractivity contribution in [1.82, 2.24) is 19.7 Å². The molecule has 4 rings (SSSR count). The van der Waals surface area contributed by atoms with Crippen LogP contribution in [0.3, 0.4) is 0 Å². The van der Waals surface area contributed by atoms with Crippen LogP contribution in [0, 0.1) is 5.92 Å². The Hall–Kier alpha value is -2.15. The second-order valence-corrected chi connectivity index (χ2v) is 7.62. The van der Waals surface area contributed by atoms with Crippen LogP contribution in [-0.4, -0.2) is 25.8 Å². The Bertz CT molecular complexity index is 770. The Morgan fingerprint density at radius 3 is 2.48 bits per heavy atom. The molecule has 0 saturated heterocycles. The van der Waals surface area contributed by atoms with Gasteiger partial charge in [0.15, 0.2) is 0 Å². The normalized spacial score (nSPS) is 23.8. The standard InChI is InChI=1S/C18H27N7/c1-25-14(8-10-2-3-10)13(9-22-25)16-15(17(20)24-18(21)23-16)11-4-6-12(19)7-5-11/h9-12H,2-8,19H2,1H3,(H4,20,21,23,24)/t11-,12-. The highest BCUT2D eigenvalue weighted by Crippen LogP contribution is 2.42. The molecule has 134 valence electrons. The number of hydrogen-bond acceptors (Lipinski definition) is 6. The summed E-state index contributed by atoms with van der Waals surface area (Å²) in [6.07, 6.45) is 9.58. The van der Waals surface area contributed by atoms with Crippen LogP contribution < -0.4 is 17.2 Å². The molecule has 0 bridgehead atoms. The molecule has 0 aromatic carbocycles. The average molecular weight is 341 g/mol. The van der Waals surface area contributed by atoms with Crippen molar-refractivity contribution in [2.24, 2.45) is 18.7 Å². The van der Waals surface area contributed by atoms with E-state index in [1.165, 1.54) is 18.5 Å². The van der Waals surface area contributed by atoms with Crippen LogP contribution in [0.1, 0.15) is 55.7 Å². The smallest absolute Gasteiger partial charge is 0.222 e. The van der Waals surface area contributed by atoms with E-state index < -0.39 is 0 Å². The second-order valence-electron chi connectivity index (χ2n) is 7.62. The Kier molecular flexibility index (Phi) is 4.11. The van der Waals surface area contributed by atoms with Gasteiger partial charge < -0.3 is 17.2 Å². The number of nitrogens with two attached hydrogens (primary N) is 3. The maximum atomic E-state index is 6.31. The maximum absolute atomic E-state index is 6.31. The number of aryl methyl sites for hydroxylation is 1. The van der Waals surface area contributed by atoms with Crippen molar-refractivity contribution in [2.45, 2.75) is 56.9 Å². The number of anilines is 2. The first kappa shape index (κ1) is 16.3. The summed E-state index contributed by atoms with van der Waals surface area (Å²) in [5.41, 5.74) is 22.5. The van der Waals surface area contributed by atoms with E-state index >= 15 is 0 Å². The zero-order valence-electron chi connectivity index (χ0n) is 14.8. The lowest BCUT2D eigenvalue weighted by atomic mass is 9.80. The van der Waals surface area contributed by atoms with E-state index in [9.17, 15) is 0 Å². The number of hydrogen-bond donors (Lipinski definition) is 3. The molecule has 0 spiro atoms. The van der Waals surface area contributed by atoms with Gasteiger partial charge in [-0.2, -0.15) is 10.1 Å². The van der Waals surface area contributed by atoms with Crippen LogP contribution in [0.5, 0.6) is 0 Å². The van der Waals surface area contributed by atoms with Gasteiger partial charge in [-0.25, -0.2) is 4.98 Å². The summed E-state index contributed by atoms with van der Waals surface area (Å²) in [7, 11) is 1.99. The number of nitrogens with zero attached hydrogens (tertiary/aromatic N) is 4. The molecule has 0 aliphatic heterocycles. The minimum Gasteiger partial charge on any atom is -0.383 e. The van der Waals surface area contributed by atoms with Crippen molar-refractivity contribution < 1.29 is 0 Å². The quantitative estimate of drug-likeness (QED) is 0.781. The number of rotatable bonds is 4. The summed E-state index contributed by atoms with van der Waals surface area (Å²) < 4.78 is 1.96. The molecule has 0 radical (unpaired) electrons. The van der Waals surface area contributed by atoms with Crippen molar-refractivity contribution in [3.8, 4) is 11.3 Å². The van der Waals surface area contributed by atoms with E-state index in [-0.39, 0.29) is 5.95 Å². The number of aromatic nitrogens is 4. The fourth-order valence-electron chi connectivity index (χ4n) is 4.02. The van der Waals surface area contributed by atoms with Crippen LogP contribution in [0.4, 0.5) is 11.8 Å². The van der Waals surface area contributed by atoms with Gasteiger partial charge in [-0.1, -0.05) is 0 Å². The minimum absolute atomic E-state index is 0.227. The lowest BCUT2D eigenvalue weighted by molar-refractivity contribution is 0.396. The molecule has 2 heterocycles. The SMILES string of the molecule is Cn1ncc(-c2nc(N)nc(N)c2[C@H]2CC[C@H](N)CC2)c1CC1CC1. The molecule has 0 atom stereocenters. The van der Waals surface area contributed by atoms with Gasteiger partial charge in [0.1, 0.15) is 5.82 Å². The molecule has 7 heteroatoms. The fraction of sp³-hybridized carbons (Fsp3) is 0.611. The molecule has 7 nitrogen and oxygen atoms in total. The molecule has 25 heavy (non-hydrogen) atoms. The second kappa shape index (κ2) is 6.29. The van der Waals surface area contributed by atoms with Gasteiger partial charge in [0.2, 0.25) is 5.95 Å². The van der Waals surface area contributed by atoms with Crippen LogP contribution in [0.15, 0.2) is 6.20 Å². The maximum Gasteiger partial charge on any atom is 0.222 e. The minimum atomic E-state index is 0.227. The Labute approximate surface area is 148 Å². The third-order valence-corrected chi connectivity index (χ3v) is 5.67. The highest BCUT2D eigenvalue weighted by atomic mass is 15.3. The Morgan fingerprint density at radius 1 is 1.08 bits per heavy atom. The fourth-order valence-corrected chi connectivity index (χ4v) is 4.02. The average Bonchev–Trinajstić information content (AvgIpc) is 3.31. The molecule has 2 aromatic rings. The van der Waals surface area contributed by atoms with E-state index in [2.05, 4.69) is 15.1 Å². The summed E-state index contributed by atoms with van der Waals surface area (Å²) in [6, 6.07) is 0.291. The van der Waals surface area contributed by atoms with E-state index in [0.717, 1.165) is 54.8 Å². The summed E-state index contributed by atoms with van der Waals surface area (Å²) in [6.45, 7) is 0. The molecule has 2 saturated carbocycles. The predicted octanol–water partition coefficient (Wildman–Crippen LogP) is 1.98. The molecule has 2 aromatic heterocycles. The van der Waals surface area contributed by atoms with Crippen LogP contribution >= 0.6 is 0 Å². The highest BCUT2D eigenvalue weighted by molar-refractivity contribution is 5.71. The van der Waals surface area contributed by atoms with Gasteiger partial charge in [-0.15, -0.1) is 0 Å². The van der Waals surface area contributed by atoms with E-state index in [4.69, 9.17) is 17.2 Å². The molecular formula is C18H27N7. The van der Waals surface area contributed by atoms with Gasteiger partial charge in [0, 0.05) is 29.9 Å². The summed E-state index contributed by atoms with van der Waals surface area (Å²) in [5, 5.41) is 4.49. The monoisotopic (exact) mass is 341 g/mol. The zero-order chi connectivity index (χ0) is 17.6. The largest absolute Gasteiger partial charge is 0.383 e. The lowest BCUT2D eigenvalue weighted by Crippen LogP contribution is -2.26. The molecule has 2 aliphatic rings. The molecule has 2 fully saturated rings. The first-order valence-electron chi connectivity index (χ1n) is 9.22. The zero-order valence-corrected chi connectivity index (χ0v) is 14.8. The van der Waals surface area contributed by atoms with E-state index in [1.54, 1.807) is 0 Å². The van der Waals surface area contributed by atoms with Gasteiger partial charge in [0.05, 0.1) is 11.9 Å². The van der Waals surface area contributed by atoms with Gasteiger partial charge >= 0.3 is 0 Å². The Balaban J connectivity index is 1.79. The molecular weight excluding hydrogens is 314 g/mol. The van der Waals surface area contributed by atoms with Crippen LogP contribution in [0.25, 0.3) is 11.3 Å². The van der Waals surface area contributed by atoms with Crippen molar-refractivity contribution in [1.29, 1.82) is 0 Å². The van der Waals surface area contributed by atoms with Gasteiger partial charge in [0.25, 0.3) is 0 Å². The summed E-state index contributed by atoms with van der Waals surface area (Å²) in [4.78, 5) is 8.85. The van der Waals surface area contributed by atoms with Gasteiger partial charge in [-0.05, 0) is 56.8 Å². The first-order valence-corrected chi connectivity index (χ1v) is 9.22. The van der Waals surface area contributed by atoms with Crippen molar-refractivity contribution in [2.75, 3.05) is 11.5 Å². The molecule has 2 aliphatic carbocycles. The molecule has 0 amide bonds. The van der Waals surface area contributed by atoms with Gasteiger partial charge in [-0.3, -0.25) is 4.68 Å². The Morgan fingerprint density at radius 2 is 1.80 bits per heavy atom. The third kappa shape index (κ3) is 3.20. The van der Waals surface area contributed by atoms with Crippen LogP contribution in [0.2, 0.25) is 0 Å². The lowest BCUT2D eigenvalue weighted by Gasteiger charge is -2.28. The van der Waals surface area contributed by atoms with E-state index in [0.29, 0.717) is 17.8 Å². The third-order valence-electron chi connectivity index (χ3n) is 5.67. The highest BCUT2D eigenvalue weighted by Gasteiger charge is 2.30. The number of nitrogen functional groups attached to an aromatic ring is 2. The molecule has 6 N–H and O–H groups in total. The van der Waals surface area contributed by atoms with Crippen molar-refractivity contribution in [3.05, 3.63) is 17.5 Å². The predicted molar refractivity (Wildman–Crippen MR) is 98.7 cm³/mol. The van der Waals surface area contributed by atoms with Crippen LogP contribution in [-0.2, 0) is 13.5 Å². The summed E-state index contributed by atoms with van der Waals surface area (Å²) in [5.74, 6) is 1.83. The first-order chi connectivity index (χ1) is 12.0. The topological polar surface area (TPSA) is 122 Å². The van der Waals surface area contributed by atoms with Crippen molar-refractivity contribution >= 4 is 11.8 Å². The molecule has 0 unspecified atom stereocenters. The van der Waals surface area contributed by atoms with E-state index in [1.807, 2.05) is 17.9 Å². The summed E-state index contributed by atoms with van der Waals surface area (Å²) >= 11 is 0.